The molecular weight excluding hydrogens is 322 g/mol. The van der Waals surface area contributed by atoms with Gasteiger partial charge in [0.15, 0.2) is 0 Å². The highest BCUT2D eigenvalue weighted by molar-refractivity contribution is 6.33. The van der Waals surface area contributed by atoms with Crippen molar-refractivity contribution < 1.29 is 23.8 Å². The fourth-order valence-electron chi connectivity index (χ4n) is 2.49. The van der Waals surface area contributed by atoms with Crippen LogP contribution < -0.4 is 9.64 Å². The highest BCUT2D eigenvalue weighted by atomic mass is 35.5. The number of halogens is 1. The number of hydrogen-bond acceptors (Lipinski definition) is 6. The van der Waals surface area contributed by atoms with Gasteiger partial charge in [-0.05, 0) is 13.0 Å². The van der Waals surface area contributed by atoms with Crippen LogP contribution in [-0.4, -0.2) is 45.4 Å². The Morgan fingerprint density at radius 1 is 1.30 bits per heavy atom. The third-order valence-corrected chi connectivity index (χ3v) is 4.01. The van der Waals surface area contributed by atoms with Crippen LogP contribution in [0, 0.1) is 0 Å². The second kappa shape index (κ2) is 7.66. The summed E-state index contributed by atoms with van der Waals surface area (Å²) in [5, 5.41) is 0.494. The topological polar surface area (TPSA) is 65.1 Å². The monoisotopic (exact) mass is 341 g/mol. The van der Waals surface area contributed by atoms with E-state index in [0.717, 1.165) is 5.69 Å². The average molecular weight is 342 g/mol. The highest BCUT2D eigenvalue weighted by Gasteiger charge is 2.24. The fourth-order valence-corrected chi connectivity index (χ4v) is 2.78. The molecule has 1 heterocycles. The number of morpholine rings is 1. The van der Waals surface area contributed by atoms with E-state index in [2.05, 4.69) is 4.90 Å². The lowest BCUT2D eigenvalue weighted by Gasteiger charge is -2.30. The summed E-state index contributed by atoms with van der Waals surface area (Å²) in [5.41, 5.74) is 1.28. The molecule has 0 saturated carbocycles. The van der Waals surface area contributed by atoms with Crippen LogP contribution in [0.4, 0.5) is 5.69 Å². The van der Waals surface area contributed by atoms with Gasteiger partial charge in [-0.1, -0.05) is 11.6 Å². The smallest absolute Gasteiger partial charge is 0.312 e. The number of anilines is 1. The first-order chi connectivity index (χ1) is 10.9. The van der Waals surface area contributed by atoms with E-state index >= 15 is 0 Å². The number of esters is 2. The molecule has 0 bridgehead atoms. The molecule has 1 aromatic carbocycles. The van der Waals surface area contributed by atoms with Gasteiger partial charge in [0.05, 0.1) is 37.0 Å². The lowest BCUT2D eigenvalue weighted by atomic mass is 9.99. The molecule has 0 aromatic heterocycles. The Hall–Kier alpha value is -1.79. The number of nitrogens with zero attached hydrogens (tertiary/aromatic N) is 1. The molecule has 1 atom stereocenters. The van der Waals surface area contributed by atoms with Crippen molar-refractivity contribution in [3.8, 4) is 5.75 Å². The summed E-state index contributed by atoms with van der Waals surface area (Å²) < 4.78 is 15.4. The Labute approximate surface area is 140 Å². The van der Waals surface area contributed by atoms with Crippen LogP contribution in [0.5, 0.6) is 5.75 Å². The number of rotatable bonds is 4. The number of methoxy groups -OCH3 is 1. The Bertz CT molecular complexity index is 598. The fraction of sp³-hybridized carbons (Fsp3) is 0.500. The van der Waals surface area contributed by atoms with Crippen molar-refractivity contribution in [3.63, 3.8) is 0 Å². The number of hydrogen-bond donors (Lipinski definition) is 0. The van der Waals surface area contributed by atoms with E-state index in [-0.39, 0.29) is 0 Å². The quantitative estimate of drug-likeness (QED) is 0.619. The van der Waals surface area contributed by atoms with Crippen LogP contribution in [0.15, 0.2) is 12.1 Å². The van der Waals surface area contributed by atoms with E-state index in [1.165, 1.54) is 14.0 Å². The molecule has 126 valence electrons. The van der Waals surface area contributed by atoms with Crippen molar-refractivity contribution in [2.75, 3.05) is 38.3 Å². The van der Waals surface area contributed by atoms with E-state index in [1.807, 2.05) is 0 Å². The van der Waals surface area contributed by atoms with E-state index in [4.69, 9.17) is 25.8 Å². The van der Waals surface area contributed by atoms with Gasteiger partial charge in [0, 0.05) is 31.6 Å². The van der Waals surface area contributed by atoms with Gasteiger partial charge in [-0.2, -0.15) is 0 Å². The van der Waals surface area contributed by atoms with Gasteiger partial charge in [0.2, 0.25) is 0 Å². The zero-order valence-electron chi connectivity index (χ0n) is 13.4. The number of carbonyl (C=O) groups excluding carboxylic acids is 2. The first-order valence-electron chi connectivity index (χ1n) is 7.36. The summed E-state index contributed by atoms with van der Waals surface area (Å²) in [4.78, 5) is 25.3. The summed E-state index contributed by atoms with van der Waals surface area (Å²) in [6, 6.07) is 3.36. The van der Waals surface area contributed by atoms with E-state index in [1.54, 1.807) is 19.1 Å². The maximum absolute atomic E-state index is 11.8. The van der Waals surface area contributed by atoms with Crippen LogP contribution in [0.1, 0.15) is 25.3 Å². The van der Waals surface area contributed by atoms with Crippen molar-refractivity contribution in [3.05, 3.63) is 22.7 Å². The van der Waals surface area contributed by atoms with Crippen molar-refractivity contribution in [1.82, 2.24) is 0 Å². The second-order valence-corrected chi connectivity index (χ2v) is 5.69. The zero-order chi connectivity index (χ0) is 17.0. The number of benzene rings is 1. The van der Waals surface area contributed by atoms with Gasteiger partial charge < -0.3 is 19.1 Å². The minimum atomic E-state index is -0.592. The molecule has 0 spiro atoms. The van der Waals surface area contributed by atoms with E-state index in [0.29, 0.717) is 42.6 Å². The van der Waals surface area contributed by atoms with E-state index in [9.17, 15) is 9.59 Å². The van der Waals surface area contributed by atoms with Crippen molar-refractivity contribution in [2.45, 2.75) is 19.8 Å². The van der Waals surface area contributed by atoms with Crippen LogP contribution in [0.25, 0.3) is 0 Å². The molecule has 0 amide bonds. The first-order valence-corrected chi connectivity index (χ1v) is 7.74. The summed E-state index contributed by atoms with van der Waals surface area (Å²) in [6.07, 6.45) is 0. The average Bonchev–Trinajstić information content (AvgIpc) is 2.55. The van der Waals surface area contributed by atoms with Crippen molar-refractivity contribution in [1.29, 1.82) is 0 Å². The third kappa shape index (κ3) is 4.14. The highest BCUT2D eigenvalue weighted by Crippen LogP contribution is 2.37. The lowest BCUT2D eigenvalue weighted by molar-refractivity contribution is -0.142. The Kier molecular flexibility index (Phi) is 5.85. The largest absolute Gasteiger partial charge is 0.469 e. The minimum absolute atomic E-state index is 0.321. The predicted molar refractivity (Wildman–Crippen MR) is 86.2 cm³/mol. The predicted octanol–water partition coefficient (Wildman–Crippen LogP) is 2.38. The van der Waals surface area contributed by atoms with Gasteiger partial charge in [-0.15, -0.1) is 0 Å². The minimum Gasteiger partial charge on any atom is -0.469 e. The lowest BCUT2D eigenvalue weighted by Crippen LogP contribution is -2.36. The van der Waals surface area contributed by atoms with Gasteiger partial charge in [-0.3, -0.25) is 9.59 Å². The molecule has 1 aliphatic rings. The number of ether oxygens (including phenoxy) is 3. The SMILES string of the molecule is COC(=O)C(C)c1cc(Cl)c(N2CCOCC2)cc1OC(C)=O. The molecule has 6 nitrogen and oxygen atoms in total. The van der Waals surface area contributed by atoms with Gasteiger partial charge >= 0.3 is 11.9 Å². The van der Waals surface area contributed by atoms with Gasteiger partial charge in [-0.25, -0.2) is 0 Å². The summed E-state index contributed by atoms with van der Waals surface area (Å²) in [6.45, 7) is 5.61. The Balaban J connectivity index is 2.43. The van der Waals surface area contributed by atoms with E-state index < -0.39 is 17.9 Å². The maximum Gasteiger partial charge on any atom is 0.312 e. The Morgan fingerprint density at radius 2 is 1.96 bits per heavy atom. The van der Waals surface area contributed by atoms with Gasteiger partial charge in [0.25, 0.3) is 0 Å². The third-order valence-electron chi connectivity index (χ3n) is 3.71. The van der Waals surface area contributed by atoms with Gasteiger partial charge in [0.1, 0.15) is 5.75 Å². The standard InChI is InChI=1S/C16H20ClNO5/c1-10(16(20)21-3)12-8-13(17)14(9-15(12)23-11(2)19)18-4-6-22-7-5-18/h8-10H,4-7H2,1-3H3. The molecule has 1 aliphatic heterocycles. The molecule has 0 N–H and O–H groups in total. The molecule has 1 saturated heterocycles. The summed E-state index contributed by atoms with van der Waals surface area (Å²) in [7, 11) is 1.31. The van der Waals surface area contributed by atoms with Crippen LogP contribution >= 0.6 is 11.6 Å². The number of carbonyl (C=O) groups is 2. The molecule has 0 radical (unpaired) electrons. The maximum atomic E-state index is 11.8. The zero-order valence-corrected chi connectivity index (χ0v) is 14.2. The molecule has 1 fully saturated rings. The normalized spacial score (nSPS) is 15.9. The second-order valence-electron chi connectivity index (χ2n) is 5.28. The summed E-state index contributed by atoms with van der Waals surface area (Å²) in [5.74, 6) is -1.15. The van der Waals surface area contributed by atoms with Crippen LogP contribution in [0.2, 0.25) is 5.02 Å². The summed E-state index contributed by atoms with van der Waals surface area (Å²) >= 11 is 6.39. The molecule has 1 unspecified atom stereocenters. The molecule has 23 heavy (non-hydrogen) atoms. The molecule has 1 aromatic rings. The Morgan fingerprint density at radius 3 is 2.52 bits per heavy atom. The van der Waals surface area contributed by atoms with Crippen molar-refractivity contribution >= 4 is 29.2 Å². The van der Waals surface area contributed by atoms with Crippen LogP contribution in [-0.2, 0) is 19.1 Å². The first kappa shape index (κ1) is 17.6. The van der Waals surface area contributed by atoms with Crippen molar-refractivity contribution in [2.24, 2.45) is 0 Å². The molecule has 0 aliphatic carbocycles. The molecular formula is C16H20ClNO5. The van der Waals surface area contributed by atoms with Crippen LogP contribution in [0.3, 0.4) is 0 Å². The molecule has 7 heteroatoms. The molecule has 2 rings (SSSR count).